The Kier molecular flexibility index (Phi) is 14.2. The summed E-state index contributed by atoms with van der Waals surface area (Å²) in [6.45, 7) is 15.7. The number of hydrogen-bond donors (Lipinski definition) is 0. The predicted octanol–water partition coefficient (Wildman–Crippen LogP) is 6.71. The fourth-order valence-electron chi connectivity index (χ4n) is 3.01. The molecule has 0 aromatic rings. The molecule has 0 fully saturated rings. The molecule has 0 aliphatic heterocycles. The first-order valence-electron chi connectivity index (χ1n) is 11.8. The second-order valence-electron chi connectivity index (χ2n) is 9.49. The molecule has 0 aromatic carbocycles. The molecule has 0 rings (SSSR count). The number of hydrogen-bond acceptors (Lipinski definition) is 6. The highest BCUT2D eigenvalue weighted by molar-refractivity contribution is 5.72. The van der Waals surface area contributed by atoms with Gasteiger partial charge >= 0.3 is 11.9 Å². The third-order valence-electron chi connectivity index (χ3n) is 5.49. The highest BCUT2D eigenvalue weighted by atomic mass is 17.2. The first kappa shape index (κ1) is 28.9. The molecule has 2 atom stereocenters. The van der Waals surface area contributed by atoms with Crippen LogP contribution >= 0.6 is 0 Å². The Hall–Kier alpha value is -1.14. The summed E-state index contributed by atoms with van der Waals surface area (Å²) in [5.41, 5.74) is -1.34. The quantitative estimate of drug-likeness (QED) is 0.189. The topological polar surface area (TPSA) is 71.1 Å². The van der Waals surface area contributed by atoms with Crippen molar-refractivity contribution in [3.8, 4) is 0 Å². The zero-order valence-corrected chi connectivity index (χ0v) is 20.7. The van der Waals surface area contributed by atoms with E-state index in [4.69, 9.17) is 19.6 Å². The lowest BCUT2D eigenvalue weighted by Gasteiger charge is -2.29. The van der Waals surface area contributed by atoms with Gasteiger partial charge in [0.2, 0.25) is 0 Å². The van der Waals surface area contributed by atoms with Gasteiger partial charge in [0.05, 0.1) is 11.8 Å². The Morgan fingerprint density at radius 3 is 1.27 bits per heavy atom. The number of carbonyl (C=O) groups excluding carboxylic acids is 2. The van der Waals surface area contributed by atoms with Gasteiger partial charge in [0.15, 0.2) is 0 Å². The zero-order chi connectivity index (χ0) is 23.2. The van der Waals surface area contributed by atoms with Gasteiger partial charge in [0, 0.05) is 0 Å². The third kappa shape index (κ3) is 12.5. The van der Waals surface area contributed by atoms with Crippen LogP contribution in [0.4, 0.5) is 0 Å². The van der Waals surface area contributed by atoms with Gasteiger partial charge in [-0.15, -0.1) is 0 Å². The maximum atomic E-state index is 12.2. The zero-order valence-electron chi connectivity index (χ0n) is 20.7. The normalized spacial score (nSPS) is 14.3. The second kappa shape index (κ2) is 14.8. The van der Waals surface area contributed by atoms with Crippen LogP contribution in [0.25, 0.3) is 0 Å². The van der Waals surface area contributed by atoms with Crippen molar-refractivity contribution < 1.29 is 29.1 Å². The molecule has 0 spiro atoms. The first-order valence-corrected chi connectivity index (χ1v) is 11.8. The van der Waals surface area contributed by atoms with E-state index in [1.165, 1.54) is 0 Å². The molecule has 30 heavy (non-hydrogen) atoms. The molecule has 0 aliphatic rings. The minimum Gasteiger partial charge on any atom is -0.298 e. The highest BCUT2D eigenvalue weighted by Crippen LogP contribution is 2.27. The maximum Gasteiger partial charge on any atom is 0.345 e. The van der Waals surface area contributed by atoms with Crippen molar-refractivity contribution in [2.24, 2.45) is 11.8 Å². The lowest BCUT2D eigenvalue weighted by atomic mass is 9.94. The Bertz CT molecular complexity index is 442. The van der Waals surface area contributed by atoms with E-state index in [0.717, 1.165) is 51.4 Å². The average Bonchev–Trinajstić information content (AvgIpc) is 2.70. The van der Waals surface area contributed by atoms with Gasteiger partial charge in [-0.25, -0.2) is 9.59 Å². The summed E-state index contributed by atoms with van der Waals surface area (Å²) in [5.74, 6) is -0.861. The largest absolute Gasteiger partial charge is 0.345 e. The van der Waals surface area contributed by atoms with Crippen LogP contribution in [0.3, 0.4) is 0 Å². The van der Waals surface area contributed by atoms with E-state index in [1.807, 2.05) is 41.5 Å². The van der Waals surface area contributed by atoms with Crippen LogP contribution < -0.4 is 0 Å². The van der Waals surface area contributed by atoms with Crippen LogP contribution in [0.1, 0.15) is 120 Å². The number of unbranched alkanes of at least 4 members (excludes halogenated alkanes) is 2. The molecule has 2 unspecified atom stereocenters. The summed E-state index contributed by atoms with van der Waals surface area (Å²) >= 11 is 0. The van der Waals surface area contributed by atoms with E-state index in [0.29, 0.717) is 12.8 Å². The van der Waals surface area contributed by atoms with Gasteiger partial charge in [-0.3, -0.25) is 9.78 Å². The smallest absolute Gasteiger partial charge is 0.298 e. The van der Waals surface area contributed by atoms with E-state index >= 15 is 0 Å². The summed E-state index contributed by atoms with van der Waals surface area (Å²) in [7, 11) is 0. The van der Waals surface area contributed by atoms with E-state index in [1.54, 1.807) is 0 Å². The summed E-state index contributed by atoms with van der Waals surface area (Å²) in [5, 5.41) is 0. The molecule has 0 aliphatic carbocycles. The molecule has 6 heteroatoms. The monoisotopic (exact) mass is 430 g/mol. The van der Waals surface area contributed by atoms with Gasteiger partial charge < -0.3 is 0 Å². The standard InChI is InChI=1S/C24H46O6/c1-9-13-15-19(11-3)21(25)27-29-23(5,6)17-18-24(7,8)30-28-22(26)20(12-4)16-14-10-2/h19-20H,9-18H2,1-8H3. The Morgan fingerprint density at radius 1 is 0.667 bits per heavy atom. The number of rotatable bonds is 17. The van der Waals surface area contributed by atoms with Crippen LogP contribution in [0.15, 0.2) is 0 Å². The summed E-state index contributed by atoms with van der Waals surface area (Å²) in [4.78, 5) is 45.7. The molecular weight excluding hydrogens is 384 g/mol. The SMILES string of the molecule is CCCCC(CC)C(=O)OOC(C)(C)CCC(C)(C)OOC(=O)C(CC)CCCC. The molecule has 0 aromatic heterocycles. The Morgan fingerprint density at radius 2 is 1.00 bits per heavy atom. The van der Waals surface area contributed by atoms with Crippen LogP contribution in [-0.2, 0) is 29.1 Å². The molecule has 0 radical (unpaired) electrons. The van der Waals surface area contributed by atoms with Crippen molar-refractivity contribution in [3.63, 3.8) is 0 Å². The molecule has 0 bridgehead atoms. The van der Waals surface area contributed by atoms with E-state index in [2.05, 4.69) is 13.8 Å². The average molecular weight is 431 g/mol. The van der Waals surface area contributed by atoms with Crippen molar-refractivity contribution in [1.29, 1.82) is 0 Å². The van der Waals surface area contributed by atoms with Gasteiger partial charge in [-0.1, -0.05) is 53.4 Å². The van der Waals surface area contributed by atoms with Crippen LogP contribution in [0.2, 0.25) is 0 Å². The fourth-order valence-corrected chi connectivity index (χ4v) is 3.01. The predicted molar refractivity (Wildman–Crippen MR) is 118 cm³/mol. The van der Waals surface area contributed by atoms with Gasteiger partial charge in [0.25, 0.3) is 0 Å². The molecule has 6 nitrogen and oxygen atoms in total. The van der Waals surface area contributed by atoms with Crippen molar-refractivity contribution in [3.05, 3.63) is 0 Å². The molecule has 0 saturated heterocycles. The van der Waals surface area contributed by atoms with Crippen molar-refractivity contribution in [2.75, 3.05) is 0 Å². The highest BCUT2D eigenvalue weighted by Gasteiger charge is 2.31. The lowest BCUT2D eigenvalue weighted by molar-refractivity contribution is -0.343. The minimum absolute atomic E-state index is 0.126. The van der Waals surface area contributed by atoms with E-state index < -0.39 is 11.2 Å². The van der Waals surface area contributed by atoms with Crippen LogP contribution in [-0.4, -0.2) is 23.1 Å². The van der Waals surface area contributed by atoms with E-state index in [-0.39, 0.29) is 23.8 Å². The Balaban J connectivity index is 4.47. The van der Waals surface area contributed by atoms with Crippen LogP contribution in [0, 0.1) is 11.8 Å². The number of carbonyl (C=O) groups is 2. The van der Waals surface area contributed by atoms with Crippen LogP contribution in [0.5, 0.6) is 0 Å². The summed E-state index contributed by atoms with van der Waals surface area (Å²) in [6, 6.07) is 0. The second-order valence-corrected chi connectivity index (χ2v) is 9.49. The molecule has 0 N–H and O–H groups in total. The van der Waals surface area contributed by atoms with E-state index in [9.17, 15) is 9.59 Å². The summed E-state index contributed by atoms with van der Waals surface area (Å²) < 4.78 is 0. The Labute approximate surface area is 184 Å². The van der Waals surface area contributed by atoms with Crippen molar-refractivity contribution >= 4 is 11.9 Å². The molecule has 178 valence electrons. The van der Waals surface area contributed by atoms with Gasteiger partial charge in [0.1, 0.15) is 11.2 Å². The first-order chi connectivity index (χ1) is 14.0. The lowest BCUT2D eigenvalue weighted by Crippen LogP contribution is -2.34. The minimum atomic E-state index is -0.670. The van der Waals surface area contributed by atoms with Crippen molar-refractivity contribution in [1.82, 2.24) is 0 Å². The molecular formula is C24H46O6. The van der Waals surface area contributed by atoms with Gasteiger partial charge in [-0.2, -0.15) is 9.78 Å². The summed E-state index contributed by atoms with van der Waals surface area (Å²) in [6.07, 6.45) is 8.36. The van der Waals surface area contributed by atoms with Crippen molar-refractivity contribution in [2.45, 2.75) is 131 Å². The molecule has 0 amide bonds. The maximum absolute atomic E-state index is 12.2. The third-order valence-corrected chi connectivity index (χ3v) is 5.49. The van der Waals surface area contributed by atoms with Gasteiger partial charge in [-0.05, 0) is 66.2 Å². The fraction of sp³-hybridized carbons (Fsp3) is 0.917. The molecule has 0 saturated carbocycles. The molecule has 0 heterocycles.